The molecule has 0 heterocycles. The molecule has 0 saturated carbocycles. The first kappa shape index (κ1) is 10.4. The molecule has 0 amide bonds. The molecule has 0 aromatic carbocycles. The van der Waals surface area contributed by atoms with Crippen LogP contribution in [0.4, 0.5) is 0 Å². The SMILES string of the molecule is C/C=N/N(C)CCNC(C)C. The van der Waals surface area contributed by atoms with Gasteiger partial charge in [0.15, 0.2) is 0 Å². The first-order chi connectivity index (χ1) is 5.16. The molecule has 0 atom stereocenters. The molecule has 0 spiro atoms. The van der Waals surface area contributed by atoms with Crippen molar-refractivity contribution in [1.82, 2.24) is 10.3 Å². The monoisotopic (exact) mass is 157 g/mol. The molecule has 66 valence electrons. The molecule has 0 aliphatic heterocycles. The van der Waals surface area contributed by atoms with Gasteiger partial charge in [-0.15, -0.1) is 0 Å². The molecule has 3 nitrogen and oxygen atoms in total. The van der Waals surface area contributed by atoms with Crippen LogP contribution in [0.3, 0.4) is 0 Å². The van der Waals surface area contributed by atoms with Crippen LogP contribution in [0, 0.1) is 0 Å². The highest BCUT2D eigenvalue weighted by Gasteiger charge is 1.93. The van der Waals surface area contributed by atoms with Crippen LogP contribution in [0.1, 0.15) is 20.8 Å². The second-order valence-electron chi connectivity index (χ2n) is 2.86. The fourth-order valence-corrected chi connectivity index (χ4v) is 0.770. The van der Waals surface area contributed by atoms with E-state index in [1.165, 1.54) is 0 Å². The van der Waals surface area contributed by atoms with Gasteiger partial charge in [-0.3, -0.25) is 5.01 Å². The van der Waals surface area contributed by atoms with E-state index >= 15 is 0 Å². The van der Waals surface area contributed by atoms with Gasteiger partial charge in [0.25, 0.3) is 0 Å². The zero-order chi connectivity index (χ0) is 8.69. The van der Waals surface area contributed by atoms with E-state index in [0.29, 0.717) is 6.04 Å². The van der Waals surface area contributed by atoms with Gasteiger partial charge >= 0.3 is 0 Å². The fraction of sp³-hybridized carbons (Fsp3) is 0.875. The van der Waals surface area contributed by atoms with Crippen LogP contribution >= 0.6 is 0 Å². The number of likely N-dealkylation sites (N-methyl/N-ethyl adjacent to an activating group) is 1. The highest BCUT2D eigenvalue weighted by molar-refractivity contribution is 5.52. The van der Waals surface area contributed by atoms with Gasteiger partial charge < -0.3 is 5.32 Å². The van der Waals surface area contributed by atoms with Crippen molar-refractivity contribution in [2.45, 2.75) is 26.8 Å². The summed E-state index contributed by atoms with van der Waals surface area (Å²) in [6, 6.07) is 0.564. The van der Waals surface area contributed by atoms with E-state index in [-0.39, 0.29) is 0 Å². The van der Waals surface area contributed by atoms with Crippen molar-refractivity contribution in [2.75, 3.05) is 20.1 Å². The Morgan fingerprint density at radius 2 is 2.18 bits per heavy atom. The molecule has 1 N–H and O–H groups in total. The Labute approximate surface area is 69.5 Å². The standard InChI is InChI=1S/C8H19N3/c1-5-10-11(4)7-6-9-8(2)3/h5,8-9H,6-7H2,1-4H3/b10-5+. The number of hydrogen-bond acceptors (Lipinski definition) is 3. The summed E-state index contributed by atoms with van der Waals surface area (Å²) in [6.45, 7) is 8.16. The van der Waals surface area contributed by atoms with Gasteiger partial charge in [-0.25, -0.2) is 0 Å². The Balaban J connectivity index is 3.24. The van der Waals surface area contributed by atoms with Crippen LogP contribution in [0.5, 0.6) is 0 Å². The average Bonchev–Trinajstić information content (AvgIpc) is 1.87. The number of hydrazone groups is 1. The van der Waals surface area contributed by atoms with Crippen molar-refractivity contribution in [1.29, 1.82) is 0 Å². The van der Waals surface area contributed by atoms with Crippen molar-refractivity contribution >= 4 is 6.21 Å². The Hall–Kier alpha value is -0.570. The van der Waals surface area contributed by atoms with Gasteiger partial charge in [0.2, 0.25) is 0 Å². The third-order valence-electron chi connectivity index (χ3n) is 1.30. The van der Waals surface area contributed by atoms with Crippen molar-refractivity contribution in [2.24, 2.45) is 5.10 Å². The van der Waals surface area contributed by atoms with E-state index in [2.05, 4.69) is 24.3 Å². The van der Waals surface area contributed by atoms with E-state index in [4.69, 9.17) is 0 Å². The number of nitrogens with zero attached hydrogens (tertiary/aromatic N) is 2. The minimum atomic E-state index is 0.564. The number of hydrogen-bond donors (Lipinski definition) is 1. The predicted molar refractivity (Wildman–Crippen MR) is 49.9 cm³/mol. The summed E-state index contributed by atoms with van der Waals surface area (Å²) in [5.74, 6) is 0. The smallest absolute Gasteiger partial charge is 0.0481 e. The molecule has 0 bridgehead atoms. The maximum Gasteiger partial charge on any atom is 0.0481 e. The molecule has 0 aromatic heterocycles. The molecular weight excluding hydrogens is 138 g/mol. The molecule has 11 heavy (non-hydrogen) atoms. The minimum Gasteiger partial charge on any atom is -0.313 e. The van der Waals surface area contributed by atoms with Gasteiger partial charge in [-0.05, 0) is 6.92 Å². The van der Waals surface area contributed by atoms with Crippen LogP contribution < -0.4 is 5.32 Å². The lowest BCUT2D eigenvalue weighted by Gasteiger charge is -2.14. The second kappa shape index (κ2) is 6.16. The molecule has 0 radical (unpaired) electrons. The van der Waals surface area contributed by atoms with Crippen molar-refractivity contribution in [3.05, 3.63) is 0 Å². The Kier molecular flexibility index (Phi) is 5.84. The Morgan fingerprint density at radius 1 is 1.55 bits per heavy atom. The van der Waals surface area contributed by atoms with E-state index in [1.807, 2.05) is 19.0 Å². The summed E-state index contributed by atoms with van der Waals surface area (Å²) in [5.41, 5.74) is 0. The lowest BCUT2D eigenvalue weighted by atomic mass is 10.4. The van der Waals surface area contributed by atoms with Crippen LogP contribution in [-0.2, 0) is 0 Å². The van der Waals surface area contributed by atoms with Crippen LogP contribution in [0.15, 0.2) is 5.10 Å². The van der Waals surface area contributed by atoms with Crippen LogP contribution in [0.25, 0.3) is 0 Å². The molecule has 0 fully saturated rings. The molecule has 0 rings (SSSR count). The third kappa shape index (κ3) is 7.33. The van der Waals surface area contributed by atoms with E-state index in [0.717, 1.165) is 13.1 Å². The van der Waals surface area contributed by atoms with Crippen LogP contribution in [-0.4, -0.2) is 37.4 Å². The summed E-state index contributed by atoms with van der Waals surface area (Å²) in [7, 11) is 1.97. The second-order valence-corrected chi connectivity index (χ2v) is 2.86. The number of rotatable bonds is 5. The zero-order valence-corrected chi connectivity index (χ0v) is 7.96. The summed E-state index contributed by atoms with van der Waals surface area (Å²) < 4.78 is 0. The average molecular weight is 157 g/mol. The lowest BCUT2D eigenvalue weighted by Crippen LogP contribution is -2.30. The molecule has 0 saturated heterocycles. The topological polar surface area (TPSA) is 27.6 Å². The Morgan fingerprint density at radius 3 is 2.64 bits per heavy atom. The number of nitrogens with one attached hydrogen (secondary N) is 1. The molecular formula is C8H19N3. The molecule has 3 heteroatoms. The summed E-state index contributed by atoms with van der Waals surface area (Å²) in [5, 5.41) is 9.33. The van der Waals surface area contributed by atoms with Gasteiger partial charge in [0, 0.05) is 32.4 Å². The van der Waals surface area contributed by atoms with Crippen molar-refractivity contribution in [3.8, 4) is 0 Å². The molecule has 0 unspecified atom stereocenters. The van der Waals surface area contributed by atoms with Gasteiger partial charge in [-0.1, -0.05) is 13.8 Å². The van der Waals surface area contributed by atoms with E-state index < -0.39 is 0 Å². The fourth-order valence-electron chi connectivity index (χ4n) is 0.770. The van der Waals surface area contributed by atoms with Crippen molar-refractivity contribution in [3.63, 3.8) is 0 Å². The first-order valence-electron chi connectivity index (χ1n) is 4.10. The van der Waals surface area contributed by atoms with Crippen LogP contribution in [0.2, 0.25) is 0 Å². The molecule has 0 aliphatic rings. The zero-order valence-electron chi connectivity index (χ0n) is 7.96. The Bertz CT molecular complexity index is 110. The van der Waals surface area contributed by atoms with Gasteiger partial charge in [0.1, 0.15) is 0 Å². The van der Waals surface area contributed by atoms with E-state index in [1.54, 1.807) is 6.21 Å². The maximum absolute atomic E-state index is 4.09. The van der Waals surface area contributed by atoms with Crippen molar-refractivity contribution < 1.29 is 0 Å². The summed E-state index contributed by atoms with van der Waals surface area (Å²) in [6.07, 6.45) is 1.80. The van der Waals surface area contributed by atoms with E-state index in [9.17, 15) is 0 Å². The largest absolute Gasteiger partial charge is 0.313 e. The van der Waals surface area contributed by atoms with Gasteiger partial charge in [-0.2, -0.15) is 5.10 Å². The van der Waals surface area contributed by atoms with Gasteiger partial charge in [0.05, 0.1) is 0 Å². The third-order valence-corrected chi connectivity index (χ3v) is 1.30. The molecule has 0 aromatic rings. The summed E-state index contributed by atoms with van der Waals surface area (Å²) in [4.78, 5) is 0. The predicted octanol–water partition coefficient (Wildman–Crippen LogP) is 0.922. The normalized spacial score (nSPS) is 11.4. The summed E-state index contributed by atoms with van der Waals surface area (Å²) >= 11 is 0. The minimum absolute atomic E-state index is 0.564. The molecule has 0 aliphatic carbocycles. The lowest BCUT2D eigenvalue weighted by molar-refractivity contribution is 0.346. The highest BCUT2D eigenvalue weighted by Crippen LogP contribution is 1.81. The first-order valence-corrected chi connectivity index (χ1v) is 4.10. The maximum atomic E-state index is 4.09. The highest BCUT2D eigenvalue weighted by atomic mass is 15.4. The quantitative estimate of drug-likeness (QED) is 0.475.